The van der Waals surface area contributed by atoms with E-state index in [1.165, 1.54) is 44.5 Å². The van der Waals surface area contributed by atoms with Crippen molar-refractivity contribution in [1.82, 2.24) is 14.5 Å². The highest BCUT2D eigenvalue weighted by Gasteiger charge is 2.11. The second-order valence-corrected chi connectivity index (χ2v) is 4.76. The first kappa shape index (κ1) is 11.6. The van der Waals surface area contributed by atoms with Crippen molar-refractivity contribution in [2.45, 2.75) is 52.6 Å². The molecule has 0 aliphatic carbocycles. The molecule has 0 aromatic carbocycles. The summed E-state index contributed by atoms with van der Waals surface area (Å²) in [6.45, 7) is 8.82. The maximum atomic E-state index is 4.63. The predicted octanol–water partition coefficient (Wildman–Crippen LogP) is 2.59. The van der Waals surface area contributed by atoms with Gasteiger partial charge in [0.15, 0.2) is 0 Å². The largest absolute Gasteiger partial charge is 0.335 e. The molecular formula is C13H23N3. The lowest BCUT2D eigenvalue weighted by Crippen LogP contribution is -2.24. The first-order valence-corrected chi connectivity index (χ1v) is 6.54. The number of imidazole rings is 1. The van der Waals surface area contributed by atoms with Gasteiger partial charge in [-0.3, -0.25) is 4.90 Å². The maximum absolute atomic E-state index is 4.63. The standard InChI is InChI=1S/C13H23N3/c1-3-16-11-13(14-12(16)2)10-15-8-6-4-5-7-9-15/h11H,3-10H2,1-2H3. The summed E-state index contributed by atoms with van der Waals surface area (Å²) in [7, 11) is 0. The van der Waals surface area contributed by atoms with Crippen LogP contribution in [0, 0.1) is 6.92 Å². The van der Waals surface area contributed by atoms with E-state index in [0.29, 0.717) is 0 Å². The van der Waals surface area contributed by atoms with Crippen LogP contribution in [0.2, 0.25) is 0 Å². The van der Waals surface area contributed by atoms with E-state index in [9.17, 15) is 0 Å². The molecule has 0 unspecified atom stereocenters. The van der Waals surface area contributed by atoms with Crippen LogP contribution >= 0.6 is 0 Å². The molecule has 0 spiro atoms. The van der Waals surface area contributed by atoms with Crippen LogP contribution in [-0.2, 0) is 13.1 Å². The fourth-order valence-corrected chi connectivity index (χ4v) is 2.49. The van der Waals surface area contributed by atoms with Crippen LogP contribution in [0.1, 0.15) is 44.1 Å². The van der Waals surface area contributed by atoms with Crippen molar-refractivity contribution in [3.8, 4) is 0 Å². The Hall–Kier alpha value is -0.830. The lowest BCUT2D eigenvalue weighted by atomic mass is 10.2. The summed E-state index contributed by atoms with van der Waals surface area (Å²) in [5.74, 6) is 1.15. The summed E-state index contributed by atoms with van der Waals surface area (Å²) >= 11 is 0. The number of rotatable bonds is 3. The van der Waals surface area contributed by atoms with Gasteiger partial charge in [0.2, 0.25) is 0 Å². The molecule has 16 heavy (non-hydrogen) atoms. The van der Waals surface area contributed by atoms with Crippen molar-refractivity contribution in [1.29, 1.82) is 0 Å². The highest BCUT2D eigenvalue weighted by atomic mass is 15.1. The molecule has 0 saturated carbocycles. The fraction of sp³-hybridized carbons (Fsp3) is 0.769. The zero-order valence-electron chi connectivity index (χ0n) is 10.6. The molecule has 1 aliphatic rings. The van der Waals surface area contributed by atoms with Gasteiger partial charge in [0, 0.05) is 19.3 Å². The first-order chi connectivity index (χ1) is 7.79. The van der Waals surface area contributed by atoms with Crippen molar-refractivity contribution in [3.63, 3.8) is 0 Å². The molecule has 2 heterocycles. The van der Waals surface area contributed by atoms with Gasteiger partial charge in [-0.2, -0.15) is 0 Å². The zero-order valence-corrected chi connectivity index (χ0v) is 10.6. The van der Waals surface area contributed by atoms with Gasteiger partial charge in [-0.15, -0.1) is 0 Å². The minimum Gasteiger partial charge on any atom is -0.335 e. The molecule has 0 bridgehead atoms. The minimum atomic E-state index is 1.03. The van der Waals surface area contributed by atoms with Crippen molar-refractivity contribution < 1.29 is 0 Å². The van der Waals surface area contributed by atoms with E-state index in [4.69, 9.17) is 0 Å². The summed E-state index contributed by atoms with van der Waals surface area (Å²) in [5.41, 5.74) is 1.24. The van der Waals surface area contributed by atoms with Crippen LogP contribution in [0.4, 0.5) is 0 Å². The number of aromatic nitrogens is 2. The van der Waals surface area contributed by atoms with Crippen molar-refractivity contribution >= 4 is 0 Å². The molecule has 1 aromatic heterocycles. The van der Waals surface area contributed by atoms with Crippen LogP contribution in [-0.4, -0.2) is 27.5 Å². The van der Waals surface area contributed by atoms with E-state index >= 15 is 0 Å². The molecule has 0 atom stereocenters. The Morgan fingerprint density at radius 1 is 1.19 bits per heavy atom. The smallest absolute Gasteiger partial charge is 0.105 e. The summed E-state index contributed by atoms with van der Waals surface area (Å²) < 4.78 is 2.23. The quantitative estimate of drug-likeness (QED) is 0.782. The van der Waals surface area contributed by atoms with E-state index in [1.54, 1.807) is 0 Å². The van der Waals surface area contributed by atoms with Gasteiger partial charge in [0.05, 0.1) is 5.69 Å². The molecular weight excluding hydrogens is 198 g/mol. The lowest BCUT2D eigenvalue weighted by Gasteiger charge is -2.17. The molecule has 90 valence electrons. The van der Waals surface area contributed by atoms with Gasteiger partial charge in [-0.25, -0.2) is 4.98 Å². The summed E-state index contributed by atoms with van der Waals surface area (Å²) in [4.78, 5) is 7.18. The van der Waals surface area contributed by atoms with E-state index < -0.39 is 0 Å². The molecule has 3 heteroatoms. The molecule has 1 saturated heterocycles. The molecule has 1 fully saturated rings. The second kappa shape index (κ2) is 5.48. The van der Waals surface area contributed by atoms with E-state index in [0.717, 1.165) is 18.9 Å². The molecule has 1 aliphatic heterocycles. The van der Waals surface area contributed by atoms with Gasteiger partial charge in [0.25, 0.3) is 0 Å². The fourth-order valence-electron chi connectivity index (χ4n) is 2.49. The Labute approximate surface area is 98.5 Å². The highest BCUT2D eigenvalue weighted by molar-refractivity contribution is 5.03. The summed E-state index contributed by atoms with van der Waals surface area (Å²) in [6.07, 6.45) is 7.72. The number of nitrogens with zero attached hydrogens (tertiary/aromatic N) is 3. The van der Waals surface area contributed by atoms with Crippen molar-refractivity contribution in [3.05, 3.63) is 17.7 Å². The third kappa shape index (κ3) is 2.85. The Balaban J connectivity index is 1.96. The molecule has 0 N–H and O–H groups in total. The Kier molecular flexibility index (Phi) is 3.99. The molecule has 0 radical (unpaired) electrons. The lowest BCUT2D eigenvalue weighted by molar-refractivity contribution is 0.274. The molecule has 0 amide bonds. The second-order valence-electron chi connectivity index (χ2n) is 4.76. The number of hydrogen-bond acceptors (Lipinski definition) is 2. The van der Waals surface area contributed by atoms with Gasteiger partial charge in [0.1, 0.15) is 5.82 Å². The average molecular weight is 221 g/mol. The first-order valence-electron chi connectivity index (χ1n) is 6.54. The molecule has 3 nitrogen and oxygen atoms in total. The summed E-state index contributed by atoms with van der Waals surface area (Å²) in [6, 6.07) is 0. The van der Waals surface area contributed by atoms with Gasteiger partial charge in [-0.05, 0) is 39.8 Å². The molecule has 2 rings (SSSR count). The molecule has 1 aromatic rings. The normalized spacial score (nSPS) is 18.6. The van der Waals surface area contributed by atoms with Crippen molar-refractivity contribution in [2.24, 2.45) is 0 Å². The van der Waals surface area contributed by atoms with Crippen LogP contribution in [0.3, 0.4) is 0 Å². The zero-order chi connectivity index (χ0) is 11.4. The number of likely N-dealkylation sites (tertiary alicyclic amines) is 1. The highest BCUT2D eigenvalue weighted by Crippen LogP contribution is 2.13. The minimum absolute atomic E-state index is 1.03. The van der Waals surface area contributed by atoms with Crippen LogP contribution in [0.15, 0.2) is 6.20 Å². The predicted molar refractivity (Wildman–Crippen MR) is 66.4 cm³/mol. The number of aryl methyl sites for hydroxylation is 2. The van der Waals surface area contributed by atoms with Crippen LogP contribution < -0.4 is 0 Å². The topological polar surface area (TPSA) is 21.1 Å². The van der Waals surface area contributed by atoms with Crippen LogP contribution in [0.25, 0.3) is 0 Å². The Morgan fingerprint density at radius 3 is 2.44 bits per heavy atom. The van der Waals surface area contributed by atoms with Crippen LogP contribution in [0.5, 0.6) is 0 Å². The third-order valence-electron chi connectivity index (χ3n) is 3.45. The maximum Gasteiger partial charge on any atom is 0.105 e. The van der Waals surface area contributed by atoms with Gasteiger partial charge < -0.3 is 4.57 Å². The SMILES string of the molecule is CCn1cc(CN2CCCCCC2)nc1C. The van der Waals surface area contributed by atoms with E-state index in [2.05, 4.69) is 34.5 Å². The van der Waals surface area contributed by atoms with Gasteiger partial charge >= 0.3 is 0 Å². The van der Waals surface area contributed by atoms with E-state index in [1.807, 2.05) is 0 Å². The monoisotopic (exact) mass is 221 g/mol. The average Bonchev–Trinajstić information content (AvgIpc) is 2.50. The van der Waals surface area contributed by atoms with Crippen molar-refractivity contribution in [2.75, 3.05) is 13.1 Å². The number of hydrogen-bond donors (Lipinski definition) is 0. The summed E-state index contributed by atoms with van der Waals surface area (Å²) in [5, 5.41) is 0. The van der Waals surface area contributed by atoms with E-state index in [-0.39, 0.29) is 0 Å². The third-order valence-corrected chi connectivity index (χ3v) is 3.45. The van der Waals surface area contributed by atoms with Gasteiger partial charge in [-0.1, -0.05) is 12.8 Å². The Morgan fingerprint density at radius 2 is 1.88 bits per heavy atom. The Bertz CT molecular complexity index is 322.